The lowest BCUT2D eigenvalue weighted by molar-refractivity contribution is -0.385. The van der Waals surface area contributed by atoms with Crippen molar-refractivity contribution < 1.29 is 19.6 Å². The van der Waals surface area contributed by atoms with Crippen LogP contribution in [-0.2, 0) is 4.79 Å². The molecule has 26 heavy (non-hydrogen) atoms. The Kier molecular flexibility index (Phi) is 6.70. The van der Waals surface area contributed by atoms with Gasteiger partial charge in [-0.05, 0) is 68.1 Å². The predicted molar refractivity (Wildman–Crippen MR) is 103 cm³/mol. The van der Waals surface area contributed by atoms with Crippen LogP contribution in [0.1, 0.15) is 11.1 Å². The molecule has 2 rings (SSSR count). The second-order valence-corrected chi connectivity index (χ2v) is 6.85. The summed E-state index contributed by atoms with van der Waals surface area (Å²) in [5.74, 6) is -0.515. The van der Waals surface area contributed by atoms with Crippen molar-refractivity contribution in [2.45, 2.75) is 6.92 Å². The second-order valence-electron chi connectivity index (χ2n) is 5.14. The van der Waals surface area contributed by atoms with Crippen LogP contribution in [-0.4, -0.2) is 28.8 Å². The smallest absolute Gasteiger partial charge is 0.311 e. The van der Waals surface area contributed by atoms with Gasteiger partial charge in [-0.15, -0.1) is 0 Å². The topological polar surface area (TPSA) is 114 Å². The van der Waals surface area contributed by atoms with Gasteiger partial charge in [0.05, 0.1) is 20.1 Å². The van der Waals surface area contributed by atoms with E-state index in [-0.39, 0.29) is 17.2 Å². The number of amides is 1. The highest BCUT2D eigenvalue weighted by molar-refractivity contribution is 9.11. The number of carbonyl (C=O) groups is 1. The highest BCUT2D eigenvalue weighted by Gasteiger charge is 2.16. The van der Waals surface area contributed by atoms with E-state index in [1.807, 2.05) is 0 Å². The number of hydrogen-bond donors (Lipinski definition) is 2. The minimum Gasteiger partial charge on any atom is -0.506 e. The third kappa shape index (κ3) is 5.27. The molecule has 136 valence electrons. The Morgan fingerprint density at radius 3 is 2.62 bits per heavy atom. The number of carbonyl (C=O) groups excluding carboxylic acids is 1. The number of rotatable bonds is 6. The molecule has 8 nitrogen and oxygen atoms in total. The fourth-order valence-electron chi connectivity index (χ4n) is 1.91. The van der Waals surface area contributed by atoms with Gasteiger partial charge in [0.1, 0.15) is 5.75 Å². The first-order valence-electron chi connectivity index (χ1n) is 7.15. The Bertz CT molecular complexity index is 863. The van der Waals surface area contributed by atoms with Crippen LogP contribution >= 0.6 is 31.9 Å². The van der Waals surface area contributed by atoms with Crippen LogP contribution in [0.2, 0.25) is 0 Å². The molecule has 0 aliphatic heterocycles. The first-order valence-corrected chi connectivity index (χ1v) is 8.74. The van der Waals surface area contributed by atoms with Crippen LogP contribution in [0.3, 0.4) is 0 Å². The molecule has 2 aromatic rings. The number of nitrogens with zero attached hydrogens (tertiary/aromatic N) is 2. The molecular weight excluding hydrogens is 474 g/mol. The van der Waals surface area contributed by atoms with Gasteiger partial charge in [0.25, 0.3) is 5.91 Å². The van der Waals surface area contributed by atoms with E-state index in [4.69, 9.17) is 4.74 Å². The van der Waals surface area contributed by atoms with Crippen LogP contribution in [0.15, 0.2) is 44.4 Å². The predicted octanol–water partition coefficient (Wildman–Crippen LogP) is 3.66. The molecule has 0 aliphatic rings. The third-order valence-electron chi connectivity index (χ3n) is 3.11. The van der Waals surface area contributed by atoms with Crippen molar-refractivity contribution in [3.05, 3.63) is 60.5 Å². The van der Waals surface area contributed by atoms with E-state index in [1.165, 1.54) is 18.3 Å². The van der Waals surface area contributed by atoms with Gasteiger partial charge < -0.3 is 9.84 Å². The van der Waals surface area contributed by atoms with Gasteiger partial charge in [-0.3, -0.25) is 14.9 Å². The number of hydrogen-bond acceptors (Lipinski definition) is 6. The minimum absolute atomic E-state index is 0.00567. The molecule has 0 aromatic heterocycles. The summed E-state index contributed by atoms with van der Waals surface area (Å²) in [7, 11) is 0. The molecule has 0 saturated heterocycles. The fraction of sp³-hybridized carbons (Fsp3) is 0.125. The number of phenols is 1. The molecule has 2 N–H and O–H groups in total. The maximum atomic E-state index is 11.8. The minimum atomic E-state index is -0.576. The molecule has 0 fully saturated rings. The first kappa shape index (κ1) is 19.9. The van der Waals surface area contributed by atoms with E-state index >= 15 is 0 Å². The quantitative estimate of drug-likeness (QED) is 0.367. The van der Waals surface area contributed by atoms with Crippen molar-refractivity contribution in [3.63, 3.8) is 0 Å². The lowest BCUT2D eigenvalue weighted by Gasteiger charge is -2.06. The van der Waals surface area contributed by atoms with Crippen LogP contribution in [0.25, 0.3) is 0 Å². The molecular formula is C16H13Br2N3O5. The fourth-order valence-corrected chi connectivity index (χ4v) is 3.13. The number of hydrazone groups is 1. The van der Waals surface area contributed by atoms with Crippen LogP contribution < -0.4 is 10.2 Å². The summed E-state index contributed by atoms with van der Waals surface area (Å²) in [6.07, 6.45) is 1.38. The van der Waals surface area contributed by atoms with Crippen molar-refractivity contribution in [3.8, 4) is 11.5 Å². The van der Waals surface area contributed by atoms with Gasteiger partial charge in [0.2, 0.25) is 0 Å². The molecule has 0 saturated carbocycles. The maximum Gasteiger partial charge on any atom is 0.311 e. The summed E-state index contributed by atoms with van der Waals surface area (Å²) >= 11 is 6.38. The summed E-state index contributed by atoms with van der Waals surface area (Å²) in [4.78, 5) is 22.2. The highest BCUT2D eigenvalue weighted by atomic mass is 79.9. The SMILES string of the molecule is Cc1ccc(OCC(=O)N/N=C/c2cc(Br)c(O)c(Br)c2)c([N+](=O)[O-])c1. The van der Waals surface area contributed by atoms with Crippen LogP contribution in [0, 0.1) is 17.0 Å². The van der Waals surface area contributed by atoms with Crippen LogP contribution in [0.4, 0.5) is 5.69 Å². The lowest BCUT2D eigenvalue weighted by Crippen LogP contribution is -2.24. The zero-order chi connectivity index (χ0) is 19.3. The zero-order valence-electron chi connectivity index (χ0n) is 13.4. The molecule has 0 bridgehead atoms. The van der Waals surface area contributed by atoms with Gasteiger partial charge in [-0.1, -0.05) is 6.07 Å². The monoisotopic (exact) mass is 485 g/mol. The number of ether oxygens (including phenoxy) is 1. The number of halogens is 2. The standard InChI is InChI=1S/C16H13Br2N3O5/c1-9-2-3-14(13(4-9)21(24)25)26-8-15(22)20-19-7-10-5-11(17)16(23)12(18)6-10/h2-7,23H,8H2,1H3,(H,20,22)/b19-7+. The molecule has 2 aromatic carbocycles. The maximum absolute atomic E-state index is 11.8. The van der Waals surface area contributed by atoms with Crippen molar-refractivity contribution in [1.29, 1.82) is 0 Å². The van der Waals surface area contributed by atoms with E-state index in [0.29, 0.717) is 20.1 Å². The number of nitro groups is 1. The molecule has 0 heterocycles. The molecule has 0 spiro atoms. The van der Waals surface area contributed by atoms with Gasteiger partial charge >= 0.3 is 5.69 Å². The Labute approximate surface area is 165 Å². The third-order valence-corrected chi connectivity index (χ3v) is 4.32. The van der Waals surface area contributed by atoms with Gasteiger partial charge in [-0.25, -0.2) is 5.43 Å². The Balaban J connectivity index is 1.95. The average Bonchev–Trinajstić information content (AvgIpc) is 2.58. The summed E-state index contributed by atoms with van der Waals surface area (Å²) in [5.41, 5.74) is 3.38. The summed E-state index contributed by atoms with van der Waals surface area (Å²) in [6.45, 7) is 1.29. The van der Waals surface area contributed by atoms with E-state index in [9.17, 15) is 20.0 Å². The van der Waals surface area contributed by atoms with Crippen molar-refractivity contribution in [2.24, 2.45) is 5.10 Å². The summed E-state index contributed by atoms with van der Waals surface area (Å²) < 4.78 is 6.13. The molecule has 10 heteroatoms. The van der Waals surface area contributed by atoms with E-state index in [0.717, 1.165) is 0 Å². The molecule has 0 unspecified atom stereocenters. The highest BCUT2D eigenvalue weighted by Crippen LogP contribution is 2.32. The largest absolute Gasteiger partial charge is 0.506 e. The Hall–Kier alpha value is -2.46. The first-order chi connectivity index (χ1) is 12.3. The van der Waals surface area contributed by atoms with E-state index < -0.39 is 17.4 Å². The molecule has 0 aliphatic carbocycles. The number of nitrogens with one attached hydrogen (secondary N) is 1. The number of aryl methyl sites for hydroxylation is 1. The van der Waals surface area contributed by atoms with E-state index in [1.54, 1.807) is 25.1 Å². The van der Waals surface area contributed by atoms with Crippen LogP contribution in [0.5, 0.6) is 11.5 Å². The van der Waals surface area contributed by atoms with E-state index in [2.05, 4.69) is 42.4 Å². The Morgan fingerprint density at radius 2 is 2.00 bits per heavy atom. The number of benzene rings is 2. The Morgan fingerprint density at radius 1 is 1.35 bits per heavy atom. The molecule has 1 amide bonds. The molecule has 0 atom stereocenters. The van der Waals surface area contributed by atoms with Crippen molar-refractivity contribution in [2.75, 3.05) is 6.61 Å². The van der Waals surface area contributed by atoms with Crippen molar-refractivity contribution >= 4 is 49.7 Å². The van der Waals surface area contributed by atoms with Crippen molar-refractivity contribution in [1.82, 2.24) is 5.43 Å². The van der Waals surface area contributed by atoms with Gasteiger partial charge in [-0.2, -0.15) is 5.10 Å². The molecule has 0 radical (unpaired) electrons. The normalized spacial score (nSPS) is 10.7. The summed E-state index contributed by atoms with van der Waals surface area (Å²) in [5, 5.41) is 24.4. The van der Waals surface area contributed by atoms with Gasteiger partial charge in [0, 0.05) is 6.07 Å². The number of phenolic OH excluding ortho intramolecular Hbond substituents is 1. The van der Waals surface area contributed by atoms with Gasteiger partial charge in [0.15, 0.2) is 12.4 Å². The number of nitro benzene ring substituents is 1. The summed E-state index contributed by atoms with van der Waals surface area (Å²) in [6, 6.07) is 7.68. The zero-order valence-corrected chi connectivity index (χ0v) is 16.6. The average molecular weight is 487 g/mol. The second kappa shape index (κ2) is 8.77. The lowest BCUT2D eigenvalue weighted by atomic mass is 10.2. The number of aromatic hydroxyl groups is 1.